The molecule has 1 aliphatic carbocycles. The molecular formula is C27H36N4O8. The number of carbonyl (C=O) groups excluding carboxylic acids is 3. The summed E-state index contributed by atoms with van der Waals surface area (Å²) in [6, 6.07) is 7.22. The second kappa shape index (κ2) is 10.8. The lowest BCUT2D eigenvalue weighted by molar-refractivity contribution is -0.185. The molecule has 0 radical (unpaired) electrons. The number of aliphatic hydroxyl groups excluding tert-OH is 1. The molecule has 0 aliphatic heterocycles. The van der Waals surface area contributed by atoms with E-state index in [4.69, 9.17) is 10.5 Å². The van der Waals surface area contributed by atoms with Crippen LogP contribution in [0, 0.1) is 6.92 Å². The Labute approximate surface area is 226 Å². The number of aryl methyl sites for hydroxylation is 1. The van der Waals surface area contributed by atoms with E-state index >= 15 is 0 Å². The summed E-state index contributed by atoms with van der Waals surface area (Å²) in [4.78, 5) is 37.4. The van der Waals surface area contributed by atoms with Crippen molar-refractivity contribution in [2.45, 2.75) is 62.6 Å². The lowest BCUT2D eigenvalue weighted by Gasteiger charge is -2.48. The van der Waals surface area contributed by atoms with Crippen LogP contribution in [0.1, 0.15) is 47.1 Å². The number of aromatic hydroxyl groups is 1. The van der Waals surface area contributed by atoms with Crippen molar-refractivity contribution in [1.82, 2.24) is 10.6 Å². The lowest BCUT2D eigenvalue weighted by atomic mass is 9.73. The van der Waals surface area contributed by atoms with Gasteiger partial charge >= 0.3 is 12.0 Å². The van der Waals surface area contributed by atoms with Crippen molar-refractivity contribution in [3.05, 3.63) is 59.2 Å². The van der Waals surface area contributed by atoms with E-state index < -0.39 is 53.5 Å². The first-order valence-corrected chi connectivity index (χ1v) is 12.4. The number of amides is 2. The minimum Gasteiger partial charge on any atom is -0.507 e. The van der Waals surface area contributed by atoms with Gasteiger partial charge in [-0.1, -0.05) is 24.3 Å². The van der Waals surface area contributed by atoms with Crippen LogP contribution in [0.2, 0.25) is 0 Å². The van der Waals surface area contributed by atoms with E-state index in [1.165, 1.54) is 40.0 Å². The highest BCUT2D eigenvalue weighted by Crippen LogP contribution is 2.49. The zero-order chi connectivity index (χ0) is 29.3. The number of urea groups is 1. The summed E-state index contributed by atoms with van der Waals surface area (Å²) in [6.45, 7) is 4.58. The quantitative estimate of drug-likeness (QED) is 0.170. The third-order valence-electron chi connectivity index (χ3n) is 7.72. The van der Waals surface area contributed by atoms with Crippen LogP contribution in [0.15, 0.2) is 42.5 Å². The standard InChI is InChI=1S/C27H36N4O8/c1-14-8-6-11-19(34)20(14)23(35)39-13-26(38)22(30-18-10-7-9-17(12-18)15(2)32)21(28)27(16(3)33,25(26,4)37)31-24(36)29-5/h6-12,16,21-22,30,33-34,37-38H,13,28H2,1-5H3,(H2,29,31,36)/t16-,21-,22-,25-,26+,27-/m0/s1. The van der Waals surface area contributed by atoms with Gasteiger partial charge in [0.2, 0.25) is 0 Å². The van der Waals surface area contributed by atoms with Crippen molar-refractivity contribution in [1.29, 1.82) is 0 Å². The van der Waals surface area contributed by atoms with E-state index in [1.54, 1.807) is 37.3 Å². The maximum Gasteiger partial charge on any atom is 0.342 e. The van der Waals surface area contributed by atoms with Gasteiger partial charge in [-0.3, -0.25) is 4.79 Å². The number of ketones is 1. The fourth-order valence-corrected chi connectivity index (χ4v) is 5.40. The lowest BCUT2D eigenvalue weighted by Crippen LogP contribution is -2.76. The molecule has 212 valence electrons. The molecule has 12 heteroatoms. The van der Waals surface area contributed by atoms with Gasteiger partial charge in [0.05, 0.1) is 18.2 Å². The Morgan fingerprint density at radius 2 is 1.79 bits per heavy atom. The smallest absolute Gasteiger partial charge is 0.342 e. The van der Waals surface area contributed by atoms with Crippen LogP contribution >= 0.6 is 0 Å². The van der Waals surface area contributed by atoms with Crippen molar-refractivity contribution in [2.24, 2.45) is 5.73 Å². The number of hydrogen-bond donors (Lipinski definition) is 8. The van der Waals surface area contributed by atoms with Crippen LogP contribution in [0.4, 0.5) is 10.5 Å². The Morgan fingerprint density at radius 3 is 2.36 bits per heavy atom. The molecular weight excluding hydrogens is 508 g/mol. The van der Waals surface area contributed by atoms with Gasteiger partial charge in [0.1, 0.15) is 29.1 Å². The first kappa shape index (κ1) is 29.8. The zero-order valence-corrected chi connectivity index (χ0v) is 22.5. The van der Waals surface area contributed by atoms with Crippen molar-refractivity contribution < 1.29 is 39.5 Å². The zero-order valence-electron chi connectivity index (χ0n) is 22.5. The molecule has 0 aromatic heterocycles. The number of nitrogens with one attached hydrogen (secondary N) is 3. The normalized spacial score (nSPS) is 28.8. The predicted octanol–water partition coefficient (Wildman–Crippen LogP) is 0.412. The summed E-state index contributed by atoms with van der Waals surface area (Å²) >= 11 is 0. The van der Waals surface area contributed by atoms with Gasteiger partial charge in [0, 0.05) is 18.3 Å². The summed E-state index contributed by atoms with van der Waals surface area (Å²) in [5, 5.41) is 53.0. The molecule has 2 amide bonds. The second-order valence-corrected chi connectivity index (χ2v) is 10.1. The Kier molecular flexibility index (Phi) is 8.27. The molecule has 0 saturated heterocycles. The highest BCUT2D eigenvalue weighted by molar-refractivity contribution is 5.95. The summed E-state index contributed by atoms with van der Waals surface area (Å²) in [7, 11) is 1.33. The number of rotatable bonds is 8. The maximum atomic E-state index is 13.0. The largest absolute Gasteiger partial charge is 0.507 e. The molecule has 1 fully saturated rings. The average Bonchev–Trinajstić information content (AvgIpc) is 2.99. The van der Waals surface area contributed by atoms with E-state index in [0.29, 0.717) is 16.8 Å². The molecule has 0 spiro atoms. The number of esters is 1. The minimum absolute atomic E-state index is 0.132. The first-order chi connectivity index (χ1) is 18.1. The number of aliphatic hydroxyl groups is 3. The molecule has 39 heavy (non-hydrogen) atoms. The summed E-state index contributed by atoms with van der Waals surface area (Å²) in [6.07, 6.45) is -1.52. The van der Waals surface area contributed by atoms with Gasteiger partial charge in [-0.2, -0.15) is 0 Å². The van der Waals surface area contributed by atoms with Crippen LogP contribution in [-0.2, 0) is 4.74 Å². The molecule has 9 N–H and O–H groups in total. The Hall–Kier alpha value is -3.71. The molecule has 0 unspecified atom stereocenters. The number of benzene rings is 2. The van der Waals surface area contributed by atoms with E-state index in [1.807, 2.05) is 0 Å². The van der Waals surface area contributed by atoms with Gasteiger partial charge < -0.3 is 46.8 Å². The van der Waals surface area contributed by atoms with Crippen molar-refractivity contribution in [3.63, 3.8) is 0 Å². The van der Waals surface area contributed by atoms with Gasteiger partial charge in [-0.15, -0.1) is 0 Å². The molecule has 0 bridgehead atoms. The van der Waals surface area contributed by atoms with Crippen LogP contribution < -0.4 is 21.7 Å². The monoisotopic (exact) mass is 544 g/mol. The molecule has 2 aromatic rings. The van der Waals surface area contributed by atoms with E-state index in [-0.39, 0.29) is 17.1 Å². The van der Waals surface area contributed by atoms with Gasteiger partial charge in [-0.25, -0.2) is 9.59 Å². The highest BCUT2D eigenvalue weighted by atomic mass is 16.5. The fraction of sp³-hybridized carbons (Fsp3) is 0.444. The van der Waals surface area contributed by atoms with E-state index in [2.05, 4.69) is 16.0 Å². The Morgan fingerprint density at radius 1 is 1.15 bits per heavy atom. The summed E-state index contributed by atoms with van der Waals surface area (Å²) in [5.41, 5.74) is 0.665. The van der Waals surface area contributed by atoms with Gasteiger partial charge in [0.25, 0.3) is 0 Å². The van der Waals surface area contributed by atoms with Crippen LogP contribution in [0.25, 0.3) is 0 Å². The summed E-state index contributed by atoms with van der Waals surface area (Å²) < 4.78 is 5.43. The third-order valence-corrected chi connectivity index (χ3v) is 7.72. The van der Waals surface area contributed by atoms with Crippen molar-refractivity contribution >= 4 is 23.5 Å². The molecule has 1 saturated carbocycles. The number of nitrogens with two attached hydrogens (primary N) is 1. The van der Waals surface area contributed by atoms with Crippen LogP contribution in [-0.4, -0.2) is 86.8 Å². The van der Waals surface area contributed by atoms with E-state index in [0.717, 1.165) is 0 Å². The van der Waals surface area contributed by atoms with Crippen LogP contribution in [0.5, 0.6) is 5.75 Å². The molecule has 3 rings (SSSR count). The SMILES string of the molecule is CNC(=O)N[C@@]1([C@H](C)O)[C@@H](N)[C@H](Nc2cccc(C(C)=O)c2)[C@](O)(COC(=O)c2c(C)cccc2O)[C@]1(C)O. The van der Waals surface area contributed by atoms with Gasteiger partial charge in [-0.05, 0) is 51.5 Å². The number of Topliss-reactive ketones (excluding diaryl/α,β-unsaturated/α-hetero) is 1. The number of anilines is 1. The topological polar surface area (TPSA) is 203 Å². The molecule has 0 heterocycles. The molecule has 12 nitrogen and oxygen atoms in total. The Balaban J connectivity index is 2.12. The average molecular weight is 545 g/mol. The van der Waals surface area contributed by atoms with Crippen molar-refractivity contribution in [3.8, 4) is 5.75 Å². The van der Waals surface area contributed by atoms with Crippen molar-refractivity contribution in [2.75, 3.05) is 19.0 Å². The first-order valence-electron chi connectivity index (χ1n) is 12.4. The van der Waals surface area contributed by atoms with Gasteiger partial charge in [0.15, 0.2) is 11.4 Å². The highest BCUT2D eigenvalue weighted by Gasteiger charge is 2.76. The third kappa shape index (κ3) is 4.91. The second-order valence-electron chi connectivity index (χ2n) is 10.1. The predicted molar refractivity (Wildman–Crippen MR) is 143 cm³/mol. The molecule has 6 atom stereocenters. The fourth-order valence-electron chi connectivity index (χ4n) is 5.40. The molecule has 2 aromatic carbocycles. The van der Waals surface area contributed by atoms with Crippen LogP contribution in [0.3, 0.4) is 0 Å². The number of hydrogen-bond acceptors (Lipinski definition) is 10. The number of carbonyl (C=O) groups is 3. The Bertz CT molecular complexity index is 1250. The maximum absolute atomic E-state index is 13.0. The summed E-state index contributed by atoms with van der Waals surface area (Å²) in [5.74, 6) is -1.53. The number of ether oxygens (including phenoxy) is 1. The number of phenolic OH excluding ortho intramolecular Hbond substituents is 1. The number of phenols is 1. The minimum atomic E-state index is -2.43. The molecule has 1 aliphatic rings. The van der Waals surface area contributed by atoms with E-state index in [9.17, 15) is 34.8 Å².